The maximum atomic E-state index is 6.38. The maximum Gasteiger partial charge on any atom is 0.231 e. The molecule has 5 nitrogen and oxygen atoms in total. The predicted octanol–water partition coefficient (Wildman–Crippen LogP) is 2.99. The van der Waals surface area contributed by atoms with E-state index in [1.807, 2.05) is 6.07 Å². The van der Waals surface area contributed by atoms with E-state index < -0.39 is 0 Å². The molecule has 2 atom stereocenters. The number of morpholine rings is 1. The summed E-state index contributed by atoms with van der Waals surface area (Å²) < 4.78 is 23.0. The molecule has 5 rings (SSSR count). The van der Waals surface area contributed by atoms with Gasteiger partial charge in [0.25, 0.3) is 0 Å². The van der Waals surface area contributed by atoms with Crippen molar-refractivity contribution in [1.29, 1.82) is 0 Å². The van der Waals surface area contributed by atoms with Gasteiger partial charge in [-0.15, -0.1) is 0 Å². The SMILES string of the molecule is c1ccc([C@H]2C[C@H](N3CCOCC3)Oc3cc4c(cc32)OCO4)cc1. The molecule has 130 valence electrons. The van der Waals surface area contributed by atoms with Crippen LogP contribution in [0.25, 0.3) is 0 Å². The second kappa shape index (κ2) is 6.24. The van der Waals surface area contributed by atoms with Gasteiger partial charge in [0.2, 0.25) is 6.79 Å². The molecule has 1 saturated heterocycles. The molecule has 0 radical (unpaired) electrons. The molecule has 5 heteroatoms. The minimum absolute atomic E-state index is 0.0574. The average molecular weight is 339 g/mol. The summed E-state index contributed by atoms with van der Waals surface area (Å²) in [7, 11) is 0. The second-order valence-electron chi connectivity index (χ2n) is 6.66. The Morgan fingerprint density at radius 2 is 1.64 bits per heavy atom. The number of ether oxygens (including phenoxy) is 4. The lowest BCUT2D eigenvalue weighted by Crippen LogP contribution is -2.48. The van der Waals surface area contributed by atoms with Crippen LogP contribution in [0.5, 0.6) is 17.2 Å². The van der Waals surface area contributed by atoms with Crippen molar-refractivity contribution in [3.05, 3.63) is 53.6 Å². The van der Waals surface area contributed by atoms with E-state index in [-0.39, 0.29) is 18.9 Å². The highest BCUT2D eigenvalue weighted by atomic mass is 16.7. The van der Waals surface area contributed by atoms with Gasteiger partial charge in [-0.2, -0.15) is 0 Å². The van der Waals surface area contributed by atoms with Crippen LogP contribution in [0.1, 0.15) is 23.5 Å². The van der Waals surface area contributed by atoms with Gasteiger partial charge in [0.1, 0.15) is 5.75 Å². The van der Waals surface area contributed by atoms with Crippen molar-refractivity contribution < 1.29 is 18.9 Å². The van der Waals surface area contributed by atoms with E-state index in [1.54, 1.807) is 0 Å². The first-order chi connectivity index (χ1) is 12.4. The molecule has 3 heterocycles. The van der Waals surface area contributed by atoms with Crippen molar-refractivity contribution in [3.8, 4) is 17.2 Å². The Balaban J connectivity index is 1.55. The standard InChI is InChI=1S/C20H21NO4/c1-2-4-14(5-3-1)15-11-20(21-6-8-22-9-7-21)25-17-12-19-18(10-16(15)17)23-13-24-19/h1-5,10,12,15,20H,6-9,11,13H2/t15-,20-/m1/s1. The van der Waals surface area contributed by atoms with Gasteiger partial charge in [-0.3, -0.25) is 4.90 Å². The molecule has 2 aromatic rings. The minimum atomic E-state index is 0.0574. The first-order valence-electron chi connectivity index (χ1n) is 8.85. The van der Waals surface area contributed by atoms with Crippen LogP contribution in [-0.2, 0) is 4.74 Å². The summed E-state index contributed by atoms with van der Waals surface area (Å²) in [6.07, 6.45) is 0.985. The van der Waals surface area contributed by atoms with Crippen molar-refractivity contribution in [2.75, 3.05) is 33.1 Å². The van der Waals surface area contributed by atoms with Crippen molar-refractivity contribution in [2.24, 2.45) is 0 Å². The van der Waals surface area contributed by atoms with Crippen molar-refractivity contribution in [2.45, 2.75) is 18.6 Å². The average Bonchev–Trinajstić information content (AvgIpc) is 3.14. The summed E-state index contributed by atoms with van der Waals surface area (Å²) in [5, 5.41) is 0. The number of rotatable bonds is 2. The molecule has 0 N–H and O–H groups in total. The van der Waals surface area contributed by atoms with Gasteiger partial charge in [0.15, 0.2) is 17.7 Å². The highest BCUT2D eigenvalue weighted by Crippen LogP contribution is 2.47. The van der Waals surface area contributed by atoms with E-state index in [0.29, 0.717) is 0 Å². The van der Waals surface area contributed by atoms with Gasteiger partial charge >= 0.3 is 0 Å². The van der Waals surface area contributed by atoms with Crippen LogP contribution in [0.2, 0.25) is 0 Å². The van der Waals surface area contributed by atoms with Crippen LogP contribution in [0.4, 0.5) is 0 Å². The van der Waals surface area contributed by atoms with Gasteiger partial charge < -0.3 is 18.9 Å². The molecule has 0 bridgehead atoms. The molecular weight excluding hydrogens is 318 g/mol. The van der Waals surface area contributed by atoms with Gasteiger partial charge in [0, 0.05) is 37.1 Å². The quantitative estimate of drug-likeness (QED) is 0.841. The molecule has 0 spiro atoms. The third-order valence-corrected chi connectivity index (χ3v) is 5.24. The molecule has 2 aromatic carbocycles. The molecule has 0 unspecified atom stereocenters. The van der Waals surface area contributed by atoms with Gasteiger partial charge in [-0.25, -0.2) is 0 Å². The summed E-state index contributed by atoms with van der Waals surface area (Å²) in [5.74, 6) is 2.77. The summed E-state index contributed by atoms with van der Waals surface area (Å²) >= 11 is 0. The molecular formula is C20H21NO4. The van der Waals surface area contributed by atoms with Crippen molar-refractivity contribution in [1.82, 2.24) is 4.90 Å². The Morgan fingerprint density at radius 1 is 0.880 bits per heavy atom. The summed E-state index contributed by atoms with van der Waals surface area (Å²) in [6, 6.07) is 14.7. The third kappa shape index (κ3) is 2.73. The van der Waals surface area contributed by atoms with Crippen molar-refractivity contribution >= 4 is 0 Å². The van der Waals surface area contributed by atoms with E-state index in [0.717, 1.165) is 50.0 Å². The number of hydrogen-bond acceptors (Lipinski definition) is 5. The van der Waals surface area contributed by atoms with Crippen LogP contribution in [0.15, 0.2) is 42.5 Å². The summed E-state index contributed by atoms with van der Waals surface area (Å²) in [4.78, 5) is 2.38. The number of nitrogens with zero attached hydrogens (tertiary/aromatic N) is 1. The first-order valence-corrected chi connectivity index (χ1v) is 8.85. The smallest absolute Gasteiger partial charge is 0.231 e. The Morgan fingerprint density at radius 3 is 2.44 bits per heavy atom. The molecule has 0 amide bonds. The lowest BCUT2D eigenvalue weighted by Gasteiger charge is -2.40. The Labute approximate surface area is 147 Å². The lowest BCUT2D eigenvalue weighted by molar-refractivity contribution is -0.0558. The van der Waals surface area contributed by atoms with Gasteiger partial charge in [-0.05, 0) is 11.6 Å². The highest BCUT2D eigenvalue weighted by molar-refractivity contribution is 5.55. The molecule has 25 heavy (non-hydrogen) atoms. The van der Waals surface area contributed by atoms with Gasteiger partial charge in [-0.1, -0.05) is 30.3 Å². The molecule has 0 aliphatic carbocycles. The predicted molar refractivity (Wildman–Crippen MR) is 92.3 cm³/mol. The van der Waals surface area contributed by atoms with Gasteiger partial charge in [0.05, 0.1) is 13.2 Å². The number of benzene rings is 2. The fourth-order valence-electron chi connectivity index (χ4n) is 3.93. The second-order valence-corrected chi connectivity index (χ2v) is 6.66. The van der Waals surface area contributed by atoms with E-state index in [4.69, 9.17) is 18.9 Å². The van der Waals surface area contributed by atoms with E-state index >= 15 is 0 Å². The Bertz CT molecular complexity index is 758. The fourth-order valence-corrected chi connectivity index (χ4v) is 3.93. The number of fused-ring (bicyclic) bond motifs is 2. The summed E-state index contributed by atoms with van der Waals surface area (Å²) in [5.41, 5.74) is 2.49. The lowest BCUT2D eigenvalue weighted by atomic mass is 9.85. The topological polar surface area (TPSA) is 40.2 Å². The normalized spacial score (nSPS) is 25.3. The van der Waals surface area contributed by atoms with E-state index in [1.165, 1.54) is 11.1 Å². The Hall–Kier alpha value is -2.24. The fraction of sp³-hybridized carbons (Fsp3) is 0.400. The van der Waals surface area contributed by atoms with Crippen LogP contribution >= 0.6 is 0 Å². The van der Waals surface area contributed by atoms with E-state index in [9.17, 15) is 0 Å². The zero-order chi connectivity index (χ0) is 16.6. The minimum Gasteiger partial charge on any atom is -0.475 e. The van der Waals surface area contributed by atoms with Crippen LogP contribution < -0.4 is 14.2 Å². The summed E-state index contributed by atoms with van der Waals surface area (Å²) in [6.45, 7) is 3.63. The largest absolute Gasteiger partial charge is 0.475 e. The number of hydrogen-bond donors (Lipinski definition) is 0. The molecule has 3 aliphatic rings. The first kappa shape index (κ1) is 15.0. The Kier molecular flexibility index (Phi) is 3.76. The molecule has 3 aliphatic heterocycles. The molecule has 0 aromatic heterocycles. The molecule has 0 saturated carbocycles. The maximum absolute atomic E-state index is 6.38. The third-order valence-electron chi connectivity index (χ3n) is 5.24. The zero-order valence-corrected chi connectivity index (χ0v) is 14.0. The van der Waals surface area contributed by atoms with Crippen LogP contribution in [0, 0.1) is 0 Å². The molecule has 1 fully saturated rings. The zero-order valence-electron chi connectivity index (χ0n) is 14.0. The highest BCUT2D eigenvalue weighted by Gasteiger charge is 2.35. The van der Waals surface area contributed by atoms with E-state index in [2.05, 4.69) is 41.3 Å². The van der Waals surface area contributed by atoms with Crippen LogP contribution in [-0.4, -0.2) is 44.2 Å². The van der Waals surface area contributed by atoms with Crippen LogP contribution in [0.3, 0.4) is 0 Å². The monoisotopic (exact) mass is 339 g/mol. The van der Waals surface area contributed by atoms with Crippen molar-refractivity contribution in [3.63, 3.8) is 0 Å².